The van der Waals surface area contributed by atoms with Gasteiger partial charge in [-0.1, -0.05) is 41.7 Å². The van der Waals surface area contributed by atoms with Crippen LogP contribution < -0.4 is 10.1 Å². The quantitative estimate of drug-likeness (QED) is 0.729. The minimum Gasteiger partial charge on any atom is -0.481 e. The van der Waals surface area contributed by atoms with Crippen LogP contribution in [-0.2, 0) is 4.79 Å². The van der Waals surface area contributed by atoms with Gasteiger partial charge >= 0.3 is 0 Å². The standard InChI is InChI=1S/C18H14F2N2O2S/c1-11(24-13-7-8-14(19)15(20)9-13)17(23)22-18-21-10-16(25-18)12-5-3-2-4-6-12/h2-11H,1H3,(H,21,22,23). The monoisotopic (exact) mass is 360 g/mol. The number of halogens is 2. The van der Waals surface area contributed by atoms with Gasteiger partial charge in [-0.3, -0.25) is 10.1 Å². The third kappa shape index (κ3) is 4.19. The number of hydrogen-bond acceptors (Lipinski definition) is 4. The van der Waals surface area contributed by atoms with E-state index in [0.717, 1.165) is 22.6 Å². The maximum absolute atomic E-state index is 13.2. The lowest BCUT2D eigenvalue weighted by molar-refractivity contribution is -0.122. The highest BCUT2D eigenvalue weighted by molar-refractivity contribution is 7.19. The van der Waals surface area contributed by atoms with Crippen LogP contribution in [0.5, 0.6) is 5.75 Å². The van der Waals surface area contributed by atoms with Crippen LogP contribution in [0.25, 0.3) is 10.4 Å². The lowest BCUT2D eigenvalue weighted by Gasteiger charge is -2.13. The van der Waals surface area contributed by atoms with E-state index in [4.69, 9.17) is 4.74 Å². The van der Waals surface area contributed by atoms with Gasteiger partial charge in [-0.25, -0.2) is 13.8 Å². The zero-order valence-electron chi connectivity index (χ0n) is 13.2. The first-order valence-corrected chi connectivity index (χ1v) is 8.28. The Bertz CT molecular complexity index is 884. The summed E-state index contributed by atoms with van der Waals surface area (Å²) in [6.45, 7) is 1.52. The molecule has 0 saturated heterocycles. The fourth-order valence-corrected chi connectivity index (χ4v) is 2.91. The van der Waals surface area contributed by atoms with Crippen molar-refractivity contribution in [3.63, 3.8) is 0 Å². The Labute approximate surface area is 147 Å². The summed E-state index contributed by atoms with van der Waals surface area (Å²) < 4.78 is 31.4. The van der Waals surface area contributed by atoms with E-state index in [1.165, 1.54) is 24.3 Å². The highest BCUT2D eigenvalue weighted by Gasteiger charge is 2.17. The fraction of sp³-hybridized carbons (Fsp3) is 0.111. The lowest BCUT2D eigenvalue weighted by Crippen LogP contribution is -2.30. The normalized spacial score (nSPS) is 11.8. The molecule has 1 amide bonds. The average molecular weight is 360 g/mol. The van der Waals surface area contributed by atoms with Gasteiger partial charge in [-0.2, -0.15) is 0 Å². The first kappa shape index (κ1) is 17.0. The van der Waals surface area contributed by atoms with Gasteiger partial charge in [-0.05, 0) is 24.6 Å². The van der Waals surface area contributed by atoms with Gasteiger partial charge in [0.05, 0.1) is 4.88 Å². The summed E-state index contributed by atoms with van der Waals surface area (Å²) in [6.07, 6.45) is 0.783. The Morgan fingerprint density at radius 1 is 1.16 bits per heavy atom. The van der Waals surface area contributed by atoms with Crippen molar-refractivity contribution in [1.82, 2.24) is 4.98 Å². The molecule has 0 aliphatic rings. The van der Waals surface area contributed by atoms with Crippen molar-refractivity contribution in [3.8, 4) is 16.2 Å². The maximum Gasteiger partial charge on any atom is 0.266 e. The molecule has 1 atom stereocenters. The summed E-state index contributed by atoms with van der Waals surface area (Å²) >= 11 is 1.33. The molecule has 7 heteroatoms. The smallest absolute Gasteiger partial charge is 0.266 e. The predicted molar refractivity (Wildman–Crippen MR) is 92.6 cm³/mol. The van der Waals surface area contributed by atoms with E-state index in [1.54, 1.807) is 6.20 Å². The maximum atomic E-state index is 13.2. The Morgan fingerprint density at radius 2 is 1.92 bits per heavy atom. The second-order valence-corrected chi connectivity index (χ2v) is 6.25. The number of thiazole rings is 1. The van der Waals surface area contributed by atoms with Crippen LogP contribution in [0.1, 0.15) is 6.92 Å². The number of rotatable bonds is 5. The molecule has 128 valence electrons. The predicted octanol–water partition coefficient (Wildman–Crippen LogP) is 4.49. The van der Waals surface area contributed by atoms with Crippen LogP contribution >= 0.6 is 11.3 Å². The van der Waals surface area contributed by atoms with E-state index in [0.29, 0.717) is 5.13 Å². The number of carbonyl (C=O) groups is 1. The summed E-state index contributed by atoms with van der Waals surface area (Å²) in [7, 11) is 0. The lowest BCUT2D eigenvalue weighted by atomic mass is 10.2. The number of nitrogens with zero attached hydrogens (tertiary/aromatic N) is 1. The van der Waals surface area contributed by atoms with E-state index in [1.807, 2.05) is 30.3 Å². The molecule has 1 heterocycles. The van der Waals surface area contributed by atoms with Crippen LogP contribution in [0.2, 0.25) is 0 Å². The van der Waals surface area contributed by atoms with E-state index in [9.17, 15) is 13.6 Å². The third-order valence-electron chi connectivity index (χ3n) is 3.37. The molecule has 0 saturated carbocycles. The number of carbonyl (C=O) groups excluding carboxylic acids is 1. The Morgan fingerprint density at radius 3 is 2.64 bits per heavy atom. The first-order chi connectivity index (χ1) is 12.0. The molecule has 3 rings (SSSR count). The number of ether oxygens (including phenoxy) is 1. The first-order valence-electron chi connectivity index (χ1n) is 7.47. The Kier molecular flexibility index (Phi) is 5.04. The van der Waals surface area contributed by atoms with Crippen molar-refractivity contribution in [2.75, 3.05) is 5.32 Å². The number of nitrogens with one attached hydrogen (secondary N) is 1. The molecule has 1 unspecified atom stereocenters. The highest BCUT2D eigenvalue weighted by Crippen LogP contribution is 2.28. The molecule has 25 heavy (non-hydrogen) atoms. The minimum absolute atomic E-state index is 0.0747. The summed E-state index contributed by atoms with van der Waals surface area (Å²) in [5.74, 6) is -2.36. The van der Waals surface area contributed by atoms with Crippen LogP contribution in [0.15, 0.2) is 54.7 Å². The van der Waals surface area contributed by atoms with Crippen LogP contribution in [0, 0.1) is 11.6 Å². The molecule has 0 aliphatic heterocycles. The molecule has 0 spiro atoms. The number of benzene rings is 2. The van der Waals surface area contributed by atoms with Crippen LogP contribution in [-0.4, -0.2) is 17.0 Å². The van der Waals surface area contributed by atoms with E-state index >= 15 is 0 Å². The van der Waals surface area contributed by atoms with Crippen molar-refractivity contribution in [2.24, 2.45) is 0 Å². The van der Waals surface area contributed by atoms with Gasteiger partial charge in [0.2, 0.25) is 0 Å². The zero-order chi connectivity index (χ0) is 17.8. The molecule has 1 aromatic heterocycles. The largest absolute Gasteiger partial charge is 0.481 e. The zero-order valence-corrected chi connectivity index (χ0v) is 14.0. The van der Waals surface area contributed by atoms with Crippen molar-refractivity contribution in [3.05, 3.63) is 66.4 Å². The van der Waals surface area contributed by atoms with Crippen molar-refractivity contribution >= 4 is 22.4 Å². The molecule has 0 bridgehead atoms. The molecule has 1 N–H and O–H groups in total. The molecule has 4 nitrogen and oxygen atoms in total. The average Bonchev–Trinajstić information content (AvgIpc) is 3.07. The van der Waals surface area contributed by atoms with Gasteiger partial charge in [-0.15, -0.1) is 0 Å². The molecule has 3 aromatic rings. The topological polar surface area (TPSA) is 51.2 Å². The van der Waals surface area contributed by atoms with Crippen molar-refractivity contribution in [2.45, 2.75) is 13.0 Å². The number of aromatic nitrogens is 1. The SMILES string of the molecule is CC(Oc1ccc(F)c(F)c1)C(=O)Nc1ncc(-c2ccccc2)s1. The Hall–Kier alpha value is -2.80. The van der Waals surface area contributed by atoms with E-state index < -0.39 is 23.6 Å². The highest BCUT2D eigenvalue weighted by atomic mass is 32.1. The van der Waals surface area contributed by atoms with Gasteiger partial charge in [0.15, 0.2) is 22.9 Å². The third-order valence-corrected chi connectivity index (χ3v) is 4.33. The molecule has 0 radical (unpaired) electrons. The number of amides is 1. The van der Waals surface area contributed by atoms with Gasteiger partial charge in [0, 0.05) is 12.3 Å². The summed E-state index contributed by atoms with van der Waals surface area (Å²) in [4.78, 5) is 17.3. The summed E-state index contributed by atoms with van der Waals surface area (Å²) in [5, 5.41) is 3.09. The number of anilines is 1. The Balaban J connectivity index is 1.63. The van der Waals surface area contributed by atoms with Gasteiger partial charge < -0.3 is 4.74 Å². The molecular formula is C18H14F2N2O2S. The van der Waals surface area contributed by atoms with Gasteiger partial charge in [0.1, 0.15) is 5.75 Å². The summed E-state index contributed by atoms with van der Waals surface area (Å²) in [5.41, 5.74) is 1.01. The second kappa shape index (κ2) is 7.40. The van der Waals surface area contributed by atoms with Crippen LogP contribution in [0.3, 0.4) is 0 Å². The molecule has 0 fully saturated rings. The van der Waals surface area contributed by atoms with Crippen molar-refractivity contribution in [1.29, 1.82) is 0 Å². The molecule has 2 aromatic carbocycles. The van der Waals surface area contributed by atoms with Gasteiger partial charge in [0.25, 0.3) is 5.91 Å². The molecule has 0 aliphatic carbocycles. The second-order valence-electron chi connectivity index (χ2n) is 5.22. The summed E-state index contributed by atoms with van der Waals surface area (Å²) in [6, 6.07) is 12.8. The van der Waals surface area contributed by atoms with Crippen molar-refractivity contribution < 1.29 is 18.3 Å². The fourth-order valence-electron chi connectivity index (χ4n) is 2.08. The number of hydrogen-bond donors (Lipinski definition) is 1. The molecular weight excluding hydrogens is 346 g/mol. The van der Waals surface area contributed by atoms with E-state index in [2.05, 4.69) is 10.3 Å². The minimum atomic E-state index is -1.03. The van der Waals surface area contributed by atoms with Crippen LogP contribution in [0.4, 0.5) is 13.9 Å². The van der Waals surface area contributed by atoms with E-state index in [-0.39, 0.29) is 5.75 Å².